The largest absolute Gasteiger partial charge is 0.391 e. The van der Waals surface area contributed by atoms with Crippen molar-refractivity contribution in [3.8, 4) is 0 Å². The SMILES string of the molecule is NC1=C=NC(F)=CC=C1. The van der Waals surface area contributed by atoms with E-state index in [2.05, 4.69) is 10.9 Å². The second kappa shape index (κ2) is 2.29. The Balaban J connectivity index is 3.01. The standard InChI is InChI=1S/C6H5FN2/c7-6-3-1-2-5(8)4-9-6/h1-3H,8H2. The first-order valence-corrected chi connectivity index (χ1v) is 2.42. The third-order valence-electron chi connectivity index (χ3n) is 0.801. The second-order valence-corrected chi connectivity index (χ2v) is 1.53. The van der Waals surface area contributed by atoms with Crippen molar-refractivity contribution in [3.05, 3.63) is 29.9 Å². The predicted molar refractivity (Wildman–Crippen MR) is 33.5 cm³/mol. The summed E-state index contributed by atoms with van der Waals surface area (Å²) in [5.74, 6) is 1.71. The van der Waals surface area contributed by atoms with E-state index in [9.17, 15) is 4.39 Å². The van der Waals surface area contributed by atoms with Crippen molar-refractivity contribution in [2.24, 2.45) is 10.7 Å². The Morgan fingerprint density at radius 1 is 1.67 bits per heavy atom. The average Bonchev–Trinajstić information content (AvgIpc) is 1.97. The summed E-state index contributed by atoms with van der Waals surface area (Å²) in [6, 6.07) is 0. The molecule has 0 atom stereocenters. The van der Waals surface area contributed by atoms with Gasteiger partial charge in [0, 0.05) is 5.87 Å². The van der Waals surface area contributed by atoms with E-state index in [1.165, 1.54) is 18.2 Å². The maximum absolute atomic E-state index is 12.1. The molecule has 1 aliphatic heterocycles. The van der Waals surface area contributed by atoms with Gasteiger partial charge in [0.05, 0.1) is 5.70 Å². The molecule has 0 saturated carbocycles. The Kier molecular flexibility index (Phi) is 1.47. The summed E-state index contributed by atoms with van der Waals surface area (Å²) in [4.78, 5) is 3.22. The highest BCUT2D eigenvalue weighted by atomic mass is 19.1. The van der Waals surface area contributed by atoms with E-state index >= 15 is 0 Å². The number of hydrogen-bond acceptors (Lipinski definition) is 2. The maximum Gasteiger partial charge on any atom is 0.221 e. The van der Waals surface area contributed by atoms with Gasteiger partial charge in [0.25, 0.3) is 0 Å². The fourth-order valence-corrected chi connectivity index (χ4v) is 0.424. The molecule has 0 unspecified atom stereocenters. The summed E-state index contributed by atoms with van der Waals surface area (Å²) in [7, 11) is 0. The smallest absolute Gasteiger partial charge is 0.221 e. The highest BCUT2D eigenvalue weighted by molar-refractivity contribution is 5.62. The fourth-order valence-electron chi connectivity index (χ4n) is 0.424. The number of aliphatic imine (C=N–C) groups is 1. The van der Waals surface area contributed by atoms with Gasteiger partial charge >= 0.3 is 0 Å². The molecule has 1 rings (SSSR count). The van der Waals surface area contributed by atoms with E-state index in [1.807, 2.05) is 0 Å². The van der Waals surface area contributed by atoms with Gasteiger partial charge in [-0.15, -0.1) is 0 Å². The fraction of sp³-hybridized carbons (Fsp3) is 0. The molecule has 2 nitrogen and oxygen atoms in total. The van der Waals surface area contributed by atoms with Crippen LogP contribution in [0.5, 0.6) is 0 Å². The van der Waals surface area contributed by atoms with Crippen LogP contribution >= 0.6 is 0 Å². The topological polar surface area (TPSA) is 38.4 Å². The molecule has 0 aromatic carbocycles. The Labute approximate surface area is 51.9 Å². The second-order valence-electron chi connectivity index (χ2n) is 1.53. The van der Waals surface area contributed by atoms with Crippen molar-refractivity contribution in [2.75, 3.05) is 0 Å². The summed E-state index contributed by atoms with van der Waals surface area (Å²) in [5, 5.41) is 0. The van der Waals surface area contributed by atoms with Crippen LogP contribution in [0.3, 0.4) is 0 Å². The van der Waals surface area contributed by atoms with Gasteiger partial charge in [-0.05, 0) is 12.2 Å². The molecular formula is C6H5FN2. The molecule has 46 valence electrons. The molecule has 0 saturated heterocycles. The number of allylic oxidation sites excluding steroid dienone is 3. The number of rotatable bonds is 0. The highest BCUT2D eigenvalue weighted by Crippen LogP contribution is 1.99. The summed E-state index contributed by atoms with van der Waals surface area (Å²) >= 11 is 0. The summed E-state index contributed by atoms with van der Waals surface area (Å²) in [5.41, 5.74) is 5.55. The minimum Gasteiger partial charge on any atom is -0.391 e. The van der Waals surface area contributed by atoms with Crippen molar-refractivity contribution in [1.82, 2.24) is 0 Å². The van der Waals surface area contributed by atoms with Crippen molar-refractivity contribution in [1.29, 1.82) is 0 Å². The Hall–Kier alpha value is -1.34. The summed E-state index contributed by atoms with van der Waals surface area (Å²) < 4.78 is 12.1. The lowest BCUT2D eigenvalue weighted by Crippen LogP contribution is -1.91. The average molecular weight is 124 g/mol. The lowest BCUT2D eigenvalue weighted by atomic mass is 10.4. The summed E-state index contributed by atoms with van der Waals surface area (Å²) in [6.45, 7) is 0. The number of nitrogens with two attached hydrogens (primary N) is 1. The van der Waals surface area contributed by atoms with Gasteiger partial charge in [-0.2, -0.15) is 9.38 Å². The Morgan fingerprint density at radius 3 is 3.22 bits per heavy atom. The number of nitrogens with zero attached hydrogens (tertiary/aromatic N) is 1. The molecule has 0 aromatic heterocycles. The molecule has 9 heavy (non-hydrogen) atoms. The molecule has 1 heterocycles. The van der Waals surface area contributed by atoms with Gasteiger partial charge in [0.2, 0.25) is 5.95 Å². The monoisotopic (exact) mass is 124 g/mol. The molecule has 0 aromatic rings. The third kappa shape index (κ3) is 1.55. The van der Waals surface area contributed by atoms with E-state index < -0.39 is 5.95 Å². The molecule has 0 bridgehead atoms. The van der Waals surface area contributed by atoms with Crippen LogP contribution in [0, 0.1) is 0 Å². The van der Waals surface area contributed by atoms with Crippen LogP contribution in [-0.4, -0.2) is 5.87 Å². The van der Waals surface area contributed by atoms with Gasteiger partial charge in [0.15, 0.2) is 0 Å². The zero-order chi connectivity index (χ0) is 6.69. The molecule has 0 aliphatic carbocycles. The zero-order valence-electron chi connectivity index (χ0n) is 4.63. The molecule has 1 aliphatic rings. The van der Waals surface area contributed by atoms with E-state index in [0.29, 0.717) is 5.70 Å². The minimum atomic E-state index is -0.577. The van der Waals surface area contributed by atoms with Crippen molar-refractivity contribution in [3.63, 3.8) is 0 Å². The number of halogens is 1. The lowest BCUT2D eigenvalue weighted by molar-refractivity contribution is 0.630. The normalized spacial score (nSPS) is 16.6. The van der Waals surface area contributed by atoms with Crippen LogP contribution in [0.1, 0.15) is 0 Å². The van der Waals surface area contributed by atoms with Gasteiger partial charge in [-0.1, -0.05) is 6.08 Å². The maximum atomic E-state index is 12.1. The van der Waals surface area contributed by atoms with Gasteiger partial charge in [-0.25, -0.2) is 0 Å². The highest BCUT2D eigenvalue weighted by Gasteiger charge is 1.87. The predicted octanol–water partition coefficient (Wildman–Crippen LogP) is 0.879. The first kappa shape index (κ1) is 5.79. The first-order valence-electron chi connectivity index (χ1n) is 2.42. The van der Waals surface area contributed by atoms with Crippen LogP contribution in [0.4, 0.5) is 4.39 Å². The number of hydrogen-bond donors (Lipinski definition) is 1. The Bertz CT molecular complexity index is 231. The summed E-state index contributed by atoms with van der Waals surface area (Å²) in [6.07, 6.45) is 4.22. The van der Waals surface area contributed by atoms with Gasteiger partial charge < -0.3 is 5.73 Å². The van der Waals surface area contributed by atoms with Crippen LogP contribution in [0.15, 0.2) is 34.9 Å². The first-order chi connectivity index (χ1) is 4.29. The van der Waals surface area contributed by atoms with Crippen molar-refractivity contribution in [2.45, 2.75) is 0 Å². The van der Waals surface area contributed by atoms with E-state index in [-0.39, 0.29) is 0 Å². The van der Waals surface area contributed by atoms with Gasteiger partial charge in [0.1, 0.15) is 0 Å². The molecule has 2 N–H and O–H groups in total. The third-order valence-corrected chi connectivity index (χ3v) is 0.801. The molecular weight excluding hydrogens is 119 g/mol. The molecule has 0 spiro atoms. The van der Waals surface area contributed by atoms with E-state index in [0.717, 1.165) is 0 Å². The van der Waals surface area contributed by atoms with E-state index in [4.69, 9.17) is 5.73 Å². The van der Waals surface area contributed by atoms with Crippen LogP contribution < -0.4 is 5.73 Å². The van der Waals surface area contributed by atoms with E-state index in [1.54, 1.807) is 0 Å². The molecule has 0 radical (unpaired) electrons. The minimum absolute atomic E-state index is 0.332. The molecule has 0 fully saturated rings. The van der Waals surface area contributed by atoms with Crippen LogP contribution in [0.25, 0.3) is 0 Å². The van der Waals surface area contributed by atoms with Crippen molar-refractivity contribution < 1.29 is 4.39 Å². The Morgan fingerprint density at radius 2 is 2.44 bits per heavy atom. The lowest BCUT2D eigenvalue weighted by Gasteiger charge is -1.76. The van der Waals surface area contributed by atoms with Crippen LogP contribution in [-0.2, 0) is 0 Å². The van der Waals surface area contributed by atoms with Crippen molar-refractivity contribution >= 4 is 5.87 Å². The zero-order valence-corrected chi connectivity index (χ0v) is 4.63. The van der Waals surface area contributed by atoms with Crippen LogP contribution in [0.2, 0.25) is 0 Å². The molecule has 0 amide bonds. The quantitative estimate of drug-likeness (QED) is 0.478. The van der Waals surface area contributed by atoms with Gasteiger partial charge in [-0.3, -0.25) is 0 Å². The molecule has 3 heteroatoms.